The lowest BCUT2D eigenvalue weighted by Crippen LogP contribution is -2.16. The molecule has 112 valence electrons. The van der Waals surface area contributed by atoms with Crippen LogP contribution in [0, 0.1) is 0 Å². The Labute approximate surface area is 141 Å². The van der Waals surface area contributed by atoms with E-state index in [0.29, 0.717) is 0 Å². The van der Waals surface area contributed by atoms with Gasteiger partial charge in [0.15, 0.2) is 0 Å². The predicted octanol–water partition coefficient (Wildman–Crippen LogP) is 5.72. The molecule has 1 nitrogen and oxygen atoms in total. The molecule has 1 aliphatic heterocycles. The van der Waals surface area contributed by atoms with E-state index in [1.165, 1.54) is 27.4 Å². The highest BCUT2D eigenvalue weighted by atomic mass is 32.2. The van der Waals surface area contributed by atoms with Crippen LogP contribution in [0.25, 0.3) is 10.6 Å². The summed E-state index contributed by atoms with van der Waals surface area (Å²) >= 11 is 1.91. The van der Waals surface area contributed by atoms with E-state index in [1.54, 1.807) is 0 Å². The van der Waals surface area contributed by atoms with Crippen molar-refractivity contribution in [3.8, 4) is 0 Å². The van der Waals surface area contributed by atoms with Crippen molar-refractivity contribution in [2.24, 2.45) is 0 Å². The van der Waals surface area contributed by atoms with Crippen molar-refractivity contribution in [3.05, 3.63) is 102 Å². The minimum absolute atomic E-state index is 0.943. The second-order valence-corrected chi connectivity index (χ2v) is 6.40. The highest BCUT2D eigenvalue weighted by Crippen LogP contribution is 2.45. The van der Waals surface area contributed by atoms with Gasteiger partial charge in [-0.3, -0.25) is 0 Å². The molecule has 2 heteroatoms. The van der Waals surface area contributed by atoms with Crippen molar-refractivity contribution in [2.45, 2.75) is 0 Å². The Bertz CT molecular complexity index is 810. The first-order chi connectivity index (χ1) is 11.4. The molecular formula is C21H17NS. The normalized spacial score (nSPS) is 14.3. The first kappa shape index (κ1) is 14.2. The SMILES string of the molecule is c1ccc(C2=C(c3ccccc3)N(c3ccccc3)CS2)cc1. The molecule has 0 aromatic heterocycles. The number of benzene rings is 3. The number of nitrogens with zero attached hydrogens (tertiary/aromatic N) is 1. The van der Waals surface area contributed by atoms with Crippen LogP contribution >= 0.6 is 11.8 Å². The number of rotatable bonds is 3. The molecule has 0 radical (unpaired) electrons. The van der Waals surface area contributed by atoms with Crippen LogP contribution in [0.1, 0.15) is 11.1 Å². The van der Waals surface area contributed by atoms with Crippen LogP contribution in [0.4, 0.5) is 5.69 Å². The van der Waals surface area contributed by atoms with E-state index in [1.807, 2.05) is 11.8 Å². The standard InChI is InChI=1S/C21H17NS/c1-4-10-17(11-5-1)20-21(18-12-6-2-7-13-18)23-16-22(20)19-14-8-3-9-15-19/h1-15H,16H2. The van der Waals surface area contributed by atoms with Gasteiger partial charge in [-0.15, -0.1) is 11.8 Å². The predicted molar refractivity (Wildman–Crippen MR) is 101 cm³/mol. The molecule has 3 aromatic carbocycles. The van der Waals surface area contributed by atoms with Gasteiger partial charge in [0.25, 0.3) is 0 Å². The van der Waals surface area contributed by atoms with Crippen LogP contribution in [0.5, 0.6) is 0 Å². The number of anilines is 1. The molecule has 0 atom stereocenters. The molecule has 1 heterocycles. The summed E-state index contributed by atoms with van der Waals surface area (Å²) in [5.41, 5.74) is 5.09. The molecule has 0 spiro atoms. The highest BCUT2D eigenvalue weighted by Gasteiger charge is 2.26. The van der Waals surface area contributed by atoms with Gasteiger partial charge in [-0.2, -0.15) is 0 Å². The highest BCUT2D eigenvalue weighted by molar-refractivity contribution is 8.09. The summed E-state index contributed by atoms with van der Waals surface area (Å²) in [5, 5.41) is 0. The third-order valence-corrected chi connectivity index (χ3v) is 5.08. The zero-order chi connectivity index (χ0) is 15.5. The van der Waals surface area contributed by atoms with Crippen LogP contribution in [0.15, 0.2) is 91.0 Å². The number of thioether (sulfide) groups is 1. The fraction of sp³-hybridized carbons (Fsp3) is 0.0476. The summed E-state index contributed by atoms with van der Waals surface area (Å²) in [4.78, 5) is 3.75. The van der Waals surface area contributed by atoms with Gasteiger partial charge in [0.1, 0.15) is 0 Å². The topological polar surface area (TPSA) is 3.24 Å². The van der Waals surface area contributed by atoms with Gasteiger partial charge in [-0.25, -0.2) is 0 Å². The van der Waals surface area contributed by atoms with Crippen molar-refractivity contribution in [2.75, 3.05) is 10.8 Å². The van der Waals surface area contributed by atoms with Crippen molar-refractivity contribution in [1.82, 2.24) is 0 Å². The molecule has 0 N–H and O–H groups in total. The Morgan fingerprint density at radius 2 is 1.13 bits per heavy atom. The number of hydrogen-bond donors (Lipinski definition) is 0. The third-order valence-electron chi connectivity index (χ3n) is 3.97. The van der Waals surface area contributed by atoms with Crippen molar-refractivity contribution in [3.63, 3.8) is 0 Å². The summed E-state index contributed by atoms with van der Waals surface area (Å²) < 4.78 is 0. The Morgan fingerprint density at radius 1 is 0.609 bits per heavy atom. The first-order valence-corrected chi connectivity index (χ1v) is 8.72. The Morgan fingerprint density at radius 3 is 1.74 bits per heavy atom. The second-order valence-electron chi connectivity index (χ2n) is 5.45. The first-order valence-electron chi connectivity index (χ1n) is 7.74. The maximum atomic E-state index is 2.41. The monoisotopic (exact) mass is 315 g/mol. The van der Waals surface area contributed by atoms with E-state index in [9.17, 15) is 0 Å². The molecule has 0 saturated heterocycles. The molecule has 0 bridgehead atoms. The smallest absolute Gasteiger partial charge is 0.0736 e. The van der Waals surface area contributed by atoms with Gasteiger partial charge < -0.3 is 4.90 Å². The Balaban J connectivity index is 1.88. The lowest BCUT2D eigenvalue weighted by molar-refractivity contribution is 1.20. The lowest BCUT2D eigenvalue weighted by Gasteiger charge is -2.22. The van der Waals surface area contributed by atoms with Gasteiger partial charge in [0, 0.05) is 10.6 Å². The van der Waals surface area contributed by atoms with Gasteiger partial charge in [0.2, 0.25) is 0 Å². The number of hydrogen-bond acceptors (Lipinski definition) is 2. The summed E-state index contributed by atoms with van der Waals surface area (Å²) in [6, 6.07) is 32.0. The minimum atomic E-state index is 0.943. The van der Waals surface area contributed by atoms with E-state index in [4.69, 9.17) is 0 Å². The van der Waals surface area contributed by atoms with E-state index in [2.05, 4.69) is 95.9 Å². The van der Waals surface area contributed by atoms with Crippen LogP contribution in [-0.2, 0) is 0 Å². The minimum Gasteiger partial charge on any atom is -0.330 e. The average Bonchev–Trinajstić information content (AvgIpc) is 3.09. The zero-order valence-electron chi connectivity index (χ0n) is 12.7. The van der Waals surface area contributed by atoms with E-state index in [0.717, 1.165) is 5.88 Å². The van der Waals surface area contributed by atoms with Gasteiger partial charge in [-0.1, -0.05) is 78.9 Å². The summed E-state index contributed by atoms with van der Waals surface area (Å²) in [5.74, 6) is 0.943. The van der Waals surface area contributed by atoms with Gasteiger partial charge in [0.05, 0.1) is 11.6 Å². The van der Waals surface area contributed by atoms with Gasteiger partial charge in [-0.05, 0) is 23.3 Å². The van der Waals surface area contributed by atoms with E-state index < -0.39 is 0 Å². The number of para-hydroxylation sites is 1. The largest absolute Gasteiger partial charge is 0.330 e. The van der Waals surface area contributed by atoms with Crippen molar-refractivity contribution >= 4 is 28.1 Å². The van der Waals surface area contributed by atoms with Gasteiger partial charge >= 0.3 is 0 Å². The molecule has 0 fully saturated rings. The fourth-order valence-electron chi connectivity index (χ4n) is 2.89. The zero-order valence-corrected chi connectivity index (χ0v) is 13.5. The lowest BCUT2D eigenvalue weighted by atomic mass is 10.1. The third kappa shape index (κ3) is 2.78. The molecule has 0 saturated carbocycles. The van der Waals surface area contributed by atoms with Crippen molar-refractivity contribution < 1.29 is 0 Å². The maximum absolute atomic E-state index is 2.41. The quantitative estimate of drug-likeness (QED) is 0.608. The summed E-state index contributed by atoms with van der Waals surface area (Å²) in [6.45, 7) is 0. The molecule has 0 amide bonds. The molecule has 0 unspecified atom stereocenters. The summed E-state index contributed by atoms with van der Waals surface area (Å²) in [6.07, 6.45) is 0. The molecular weight excluding hydrogens is 298 g/mol. The Kier molecular flexibility index (Phi) is 3.91. The van der Waals surface area contributed by atoms with Crippen LogP contribution in [0.3, 0.4) is 0 Å². The molecule has 3 aromatic rings. The molecule has 23 heavy (non-hydrogen) atoms. The molecule has 0 aliphatic carbocycles. The maximum Gasteiger partial charge on any atom is 0.0736 e. The second kappa shape index (κ2) is 6.35. The van der Waals surface area contributed by atoms with Crippen LogP contribution in [0.2, 0.25) is 0 Å². The molecule has 4 rings (SSSR count). The fourth-order valence-corrected chi connectivity index (χ4v) is 4.09. The molecule has 1 aliphatic rings. The Hall–Kier alpha value is -2.45. The average molecular weight is 315 g/mol. The van der Waals surface area contributed by atoms with Crippen molar-refractivity contribution in [1.29, 1.82) is 0 Å². The van der Waals surface area contributed by atoms with Crippen LogP contribution < -0.4 is 4.90 Å². The summed E-state index contributed by atoms with van der Waals surface area (Å²) in [7, 11) is 0. The van der Waals surface area contributed by atoms with E-state index >= 15 is 0 Å². The van der Waals surface area contributed by atoms with E-state index in [-0.39, 0.29) is 0 Å². The van der Waals surface area contributed by atoms with Crippen LogP contribution in [-0.4, -0.2) is 5.88 Å².